The summed E-state index contributed by atoms with van der Waals surface area (Å²) in [6.07, 6.45) is 7.39. The number of fused-ring (bicyclic) bond motifs is 1. The number of methoxy groups -OCH3 is 2. The van der Waals surface area contributed by atoms with E-state index in [1.54, 1.807) is 33.7 Å². The first-order valence-corrected chi connectivity index (χ1v) is 12.3. The Morgan fingerprint density at radius 2 is 1.75 bits per heavy atom. The molecule has 190 valence electrons. The molecular weight excluding hydrogens is 452 g/mol. The second-order valence-corrected chi connectivity index (χ2v) is 9.17. The number of hydrogen-bond donors (Lipinski definition) is 1. The molecule has 8 heteroatoms. The molecule has 1 aromatic heterocycles. The van der Waals surface area contributed by atoms with Gasteiger partial charge in [0.15, 0.2) is 0 Å². The molecule has 0 spiro atoms. The van der Waals surface area contributed by atoms with Gasteiger partial charge in [0.05, 0.1) is 37.1 Å². The standard InChI is InChI=1S/C28H36N6O2/c1-19-6-7-20(2)33(19)10-11-34(23-12-24(35-4)15-25(13-23)36-5)22-8-9-26-27(14-22)32-28(18-31-26)21(16-29)17-30-3/h8-9,12-20H,6-7,10-11,29H2,1-5H3/t19-,20-/m0/s1. The minimum absolute atomic E-state index is 0.577. The first kappa shape index (κ1) is 25.4. The van der Waals surface area contributed by atoms with Crippen molar-refractivity contribution in [1.29, 1.82) is 0 Å². The summed E-state index contributed by atoms with van der Waals surface area (Å²) in [7, 11) is 5.05. The van der Waals surface area contributed by atoms with Crippen LogP contribution in [0.2, 0.25) is 0 Å². The van der Waals surface area contributed by atoms with Crippen molar-refractivity contribution in [1.82, 2.24) is 14.9 Å². The Bertz CT molecular complexity index is 1230. The van der Waals surface area contributed by atoms with Gasteiger partial charge in [-0.1, -0.05) is 0 Å². The molecule has 1 aliphatic heterocycles. The second-order valence-electron chi connectivity index (χ2n) is 9.17. The molecule has 2 heterocycles. The minimum atomic E-state index is 0.577. The molecule has 36 heavy (non-hydrogen) atoms. The third-order valence-electron chi connectivity index (χ3n) is 6.95. The molecule has 4 rings (SSSR count). The molecule has 1 aliphatic rings. The number of rotatable bonds is 9. The van der Waals surface area contributed by atoms with Crippen molar-refractivity contribution >= 4 is 34.2 Å². The van der Waals surface area contributed by atoms with Crippen molar-refractivity contribution in [2.24, 2.45) is 10.7 Å². The summed E-state index contributed by atoms with van der Waals surface area (Å²) < 4.78 is 11.1. The molecule has 0 aliphatic carbocycles. The van der Waals surface area contributed by atoms with Gasteiger partial charge in [-0.05, 0) is 44.9 Å². The van der Waals surface area contributed by atoms with E-state index in [1.807, 2.05) is 24.3 Å². The molecule has 0 radical (unpaired) electrons. The van der Waals surface area contributed by atoms with Gasteiger partial charge < -0.3 is 20.1 Å². The smallest absolute Gasteiger partial charge is 0.124 e. The molecule has 1 fully saturated rings. The summed E-state index contributed by atoms with van der Waals surface area (Å²) in [6.45, 7) is 6.38. The van der Waals surface area contributed by atoms with Crippen LogP contribution in [0.25, 0.3) is 16.6 Å². The molecule has 0 amide bonds. The van der Waals surface area contributed by atoms with Crippen LogP contribution in [0.4, 0.5) is 11.4 Å². The summed E-state index contributed by atoms with van der Waals surface area (Å²) in [4.78, 5) is 18.4. The van der Waals surface area contributed by atoms with Gasteiger partial charge in [0.2, 0.25) is 0 Å². The van der Waals surface area contributed by atoms with Crippen molar-refractivity contribution in [3.8, 4) is 11.5 Å². The quantitative estimate of drug-likeness (QED) is 0.438. The SMILES string of the molecule is CN=CC(=CN)c1cnc2ccc(N(CCN3[C@@H](C)CC[C@@H]3C)c3cc(OC)cc(OC)c3)cc2n1. The van der Waals surface area contributed by atoms with Crippen molar-refractivity contribution in [3.05, 3.63) is 54.5 Å². The van der Waals surface area contributed by atoms with E-state index in [4.69, 9.17) is 20.2 Å². The molecular formula is C28H36N6O2. The van der Waals surface area contributed by atoms with Gasteiger partial charge in [-0.15, -0.1) is 0 Å². The van der Waals surface area contributed by atoms with Crippen LogP contribution in [0.3, 0.4) is 0 Å². The number of hydrogen-bond acceptors (Lipinski definition) is 8. The highest BCUT2D eigenvalue weighted by molar-refractivity contribution is 6.09. The maximum absolute atomic E-state index is 5.81. The van der Waals surface area contributed by atoms with E-state index in [1.165, 1.54) is 19.0 Å². The Balaban J connectivity index is 1.76. The molecule has 8 nitrogen and oxygen atoms in total. The van der Waals surface area contributed by atoms with Crippen LogP contribution in [0.15, 0.2) is 53.8 Å². The Kier molecular flexibility index (Phi) is 8.05. The fourth-order valence-electron chi connectivity index (χ4n) is 4.90. The van der Waals surface area contributed by atoms with Crippen LogP contribution >= 0.6 is 0 Å². The van der Waals surface area contributed by atoms with Crippen LogP contribution in [0.5, 0.6) is 11.5 Å². The number of aliphatic imine (C=N–C) groups is 1. The van der Waals surface area contributed by atoms with E-state index in [2.05, 4.69) is 45.8 Å². The van der Waals surface area contributed by atoms with E-state index in [0.717, 1.165) is 52.6 Å². The number of allylic oxidation sites excluding steroid dienone is 1. The molecule has 0 unspecified atom stereocenters. The Labute approximate surface area is 213 Å². The van der Waals surface area contributed by atoms with Crippen molar-refractivity contribution in [2.45, 2.75) is 38.8 Å². The molecule has 0 saturated carbocycles. The molecule has 2 atom stereocenters. The summed E-state index contributed by atoms with van der Waals surface area (Å²) in [6, 6.07) is 13.3. The average Bonchev–Trinajstić information content (AvgIpc) is 3.23. The van der Waals surface area contributed by atoms with Gasteiger partial charge in [-0.3, -0.25) is 14.9 Å². The van der Waals surface area contributed by atoms with Crippen molar-refractivity contribution in [3.63, 3.8) is 0 Å². The van der Waals surface area contributed by atoms with E-state index < -0.39 is 0 Å². The Morgan fingerprint density at radius 3 is 2.36 bits per heavy atom. The summed E-state index contributed by atoms with van der Waals surface area (Å²) in [5, 5.41) is 0. The maximum Gasteiger partial charge on any atom is 0.124 e. The zero-order chi connectivity index (χ0) is 25.7. The zero-order valence-electron chi connectivity index (χ0n) is 21.8. The third kappa shape index (κ3) is 5.44. The number of benzene rings is 2. The van der Waals surface area contributed by atoms with Gasteiger partial charge in [-0.25, -0.2) is 4.98 Å². The summed E-state index contributed by atoms with van der Waals surface area (Å²) in [5.41, 5.74) is 10.8. The number of ether oxygens (including phenoxy) is 2. The van der Waals surface area contributed by atoms with Gasteiger partial charge in [0, 0.05) is 79.8 Å². The molecule has 3 aromatic rings. The molecule has 1 saturated heterocycles. The maximum atomic E-state index is 5.81. The summed E-state index contributed by atoms with van der Waals surface area (Å²) >= 11 is 0. The number of nitrogens with two attached hydrogens (primary N) is 1. The predicted octanol–water partition coefficient (Wildman–Crippen LogP) is 4.66. The highest BCUT2D eigenvalue weighted by Gasteiger charge is 2.27. The van der Waals surface area contributed by atoms with Crippen LogP contribution in [0, 0.1) is 0 Å². The number of anilines is 2. The van der Waals surface area contributed by atoms with Crippen LogP contribution in [-0.4, -0.2) is 67.5 Å². The first-order chi connectivity index (χ1) is 17.5. The zero-order valence-corrected chi connectivity index (χ0v) is 21.8. The Hall–Kier alpha value is -3.65. The van der Waals surface area contributed by atoms with Crippen molar-refractivity contribution < 1.29 is 9.47 Å². The average molecular weight is 489 g/mol. The number of likely N-dealkylation sites (tertiary alicyclic amines) is 1. The fourth-order valence-corrected chi connectivity index (χ4v) is 4.90. The van der Waals surface area contributed by atoms with Gasteiger partial charge in [-0.2, -0.15) is 0 Å². The van der Waals surface area contributed by atoms with Crippen LogP contribution < -0.4 is 20.1 Å². The number of nitrogens with zero attached hydrogens (tertiary/aromatic N) is 5. The van der Waals surface area contributed by atoms with Gasteiger partial charge >= 0.3 is 0 Å². The Morgan fingerprint density at radius 1 is 1.06 bits per heavy atom. The van der Waals surface area contributed by atoms with Gasteiger partial charge in [0.1, 0.15) is 11.5 Å². The van der Waals surface area contributed by atoms with E-state index >= 15 is 0 Å². The lowest BCUT2D eigenvalue weighted by atomic mass is 10.1. The molecule has 0 bridgehead atoms. The highest BCUT2D eigenvalue weighted by atomic mass is 16.5. The monoisotopic (exact) mass is 488 g/mol. The largest absolute Gasteiger partial charge is 0.497 e. The second kappa shape index (κ2) is 11.4. The van der Waals surface area contributed by atoms with E-state index in [9.17, 15) is 0 Å². The van der Waals surface area contributed by atoms with Gasteiger partial charge in [0.25, 0.3) is 0 Å². The lowest BCUT2D eigenvalue weighted by Gasteiger charge is -2.31. The first-order valence-electron chi connectivity index (χ1n) is 12.3. The minimum Gasteiger partial charge on any atom is -0.497 e. The third-order valence-corrected chi connectivity index (χ3v) is 6.95. The lowest BCUT2D eigenvalue weighted by Crippen LogP contribution is -2.38. The van der Waals surface area contributed by atoms with Crippen LogP contribution in [0.1, 0.15) is 32.4 Å². The van der Waals surface area contributed by atoms with Crippen molar-refractivity contribution in [2.75, 3.05) is 39.3 Å². The molecule has 2 N–H and O–H groups in total. The van der Waals surface area contributed by atoms with Crippen LogP contribution in [-0.2, 0) is 0 Å². The van der Waals surface area contributed by atoms with E-state index in [0.29, 0.717) is 17.8 Å². The normalized spacial score (nSPS) is 18.8. The summed E-state index contributed by atoms with van der Waals surface area (Å²) in [5.74, 6) is 1.49. The predicted molar refractivity (Wildman–Crippen MR) is 148 cm³/mol. The van der Waals surface area contributed by atoms with E-state index in [-0.39, 0.29) is 0 Å². The number of aromatic nitrogens is 2. The lowest BCUT2D eigenvalue weighted by molar-refractivity contribution is 0.220. The highest BCUT2D eigenvalue weighted by Crippen LogP contribution is 2.34. The topological polar surface area (TPSA) is 89.1 Å². The molecule has 2 aromatic carbocycles. The fraction of sp³-hybridized carbons (Fsp3) is 0.393.